The molecule has 3 aromatic carbocycles. The molecule has 0 heterocycles. The van der Waals surface area contributed by atoms with Crippen LogP contribution in [0.5, 0.6) is 0 Å². The molecule has 0 amide bonds. The summed E-state index contributed by atoms with van der Waals surface area (Å²) < 4.78 is 0. The number of hydrogen-bond acceptors (Lipinski definition) is 1. The maximum Gasteiger partial charge on any atom is 0.194 e. The largest absolute Gasteiger partial charge is 0.238 e. The standard InChI is InChI=1S/C24H16N2/c1-26-24-17-21(14-12-19-8-4-2-5-9-19)23(18-25)16-22(24)15-13-20-10-6-3-7-11-20/h2-17H. The van der Waals surface area contributed by atoms with Gasteiger partial charge in [0, 0.05) is 0 Å². The number of benzene rings is 3. The van der Waals surface area contributed by atoms with Gasteiger partial charge in [0.1, 0.15) is 0 Å². The van der Waals surface area contributed by atoms with Crippen molar-refractivity contribution in [3.05, 3.63) is 112 Å². The topological polar surface area (TPSA) is 28.1 Å². The number of rotatable bonds is 4. The van der Waals surface area contributed by atoms with E-state index in [-0.39, 0.29) is 0 Å². The first-order valence-corrected chi connectivity index (χ1v) is 8.22. The third-order valence-electron chi connectivity index (χ3n) is 3.95. The van der Waals surface area contributed by atoms with E-state index in [1.807, 2.05) is 85.0 Å². The molecule has 0 aromatic heterocycles. The average molecular weight is 332 g/mol. The molecule has 2 heteroatoms. The van der Waals surface area contributed by atoms with Crippen molar-refractivity contribution < 1.29 is 0 Å². The van der Waals surface area contributed by atoms with Gasteiger partial charge in [-0.3, -0.25) is 0 Å². The molecule has 0 aliphatic heterocycles. The Morgan fingerprint density at radius 2 is 1.27 bits per heavy atom. The van der Waals surface area contributed by atoms with Gasteiger partial charge in [0.15, 0.2) is 5.69 Å². The summed E-state index contributed by atoms with van der Waals surface area (Å²) in [6.45, 7) is 7.47. The Bertz CT molecular complexity index is 944. The van der Waals surface area contributed by atoms with Crippen LogP contribution in [-0.4, -0.2) is 0 Å². The van der Waals surface area contributed by atoms with Crippen LogP contribution < -0.4 is 0 Å². The predicted octanol–water partition coefficient (Wildman–Crippen LogP) is 6.45. The Morgan fingerprint density at radius 3 is 1.77 bits per heavy atom. The minimum atomic E-state index is 0.531. The van der Waals surface area contributed by atoms with E-state index in [1.54, 1.807) is 12.1 Å². The van der Waals surface area contributed by atoms with Crippen molar-refractivity contribution in [1.29, 1.82) is 5.26 Å². The molecule has 0 spiro atoms. The molecule has 0 saturated heterocycles. The smallest absolute Gasteiger partial charge is 0.194 e. The lowest BCUT2D eigenvalue weighted by molar-refractivity contribution is 1.47. The van der Waals surface area contributed by atoms with E-state index in [2.05, 4.69) is 10.9 Å². The molecule has 0 radical (unpaired) electrons. The molecule has 2 nitrogen and oxygen atoms in total. The average Bonchev–Trinajstić information content (AvgIpc) is 2.72. The molecule has 3 aromatic rings. The van der Waals surface area contributed by atoms with Gasteiger partial charge in [0.2, 0.25) is 0 Å². The van der Waals surface area contributed by atoms with Crippen molar-refractivity contribution in [2.75, 3.05) is 0 Å². The number of nitriles is 1. The summed E-state index contributed by atoms with van der Waals surface area (Å²) in [6, 6.07) is 25.6. The maximum absolute atomic E-state index is 9.50. The highest BCUT2D eigenvalue weighted by molar-refractivity contribution is 5.82. The Morgan fingerprint density at radius 1 is 0.731 bits per heavy atom. The summed E-state index contributed by atoms with van der Waals surface area (Å²) in [7, 11) is 0. The predicted molar refractivity (Wildman–Crippen MR) is 108 cm³/mol. The van der Waals surface area contributed by atoms with Crippen molar-refractivity contribution in [2.45, 2.75) is 0 Å². The lowest BCUT2D eigenvalue weighted by Gasteiger charge is -2.04. The lowest BCUT2D eigenvalue weighted by atomic mass is 10.0. The summed E-state index contributed by atoms with van der Waals surface area (Å²) >= 11 is 0. The normalized spacial score (nSPS) is 10.7. The van der Waals surface area contributed by atoms with Gasteiger partial charge in [-0.15, -0.1) is 0 Å². The first-order chi connectivity index (χ1) is 12.8. The Balaban J connectivity index is 1.96. The summed E-state index contributed by atoms with van der Waals surface area (Å²) in [4.78, 5) is 3.63. The molecule has 0 bridgehead atoms. The summed E-state index contributed by atoms with van der Waals surface area (Å²) in [5.74, 6) is 0. The zero-order chi connectivity index (χ0) is 18.2. The highest BCUT2D eigenvalue weighted by atomic mass is 14.6. The van der Waals surface area contributed by atoms with Crippen molar-refractivity contribution >= 4 is 30.0 Å². The second-order valence-electron chi connectivity index (χ2n) is 5.71. The van der Waals surface area contributed by atoms with Crippen LogP contribution in [0.4, 0.5) is 5.69 Å². The van der Waals surface area contributed by atoms with Crippen molar-refractivity contribution in [1.82, 2.24) is 0 Å². The summed E-state index contributed by atoms with van der Waals surface area (Å²) in [5.41, 5.74) is 4.68. The third-order valence-corrected chi connectivity index (χ3v) is 3.95. The van der Waals surface area contributed by atoms with Crippen LogP contribution in [-0.2, 0) is 0 Å². The molecule has 0 N–H and O–H groups in total. The molecular formula is C24H16N2. The molecule has 0 saturated carbocycles. The molecule has 0 atom stereocenters. The molecule has 26 heavy (non-hydrogen) atoms. The highest BCUT2D eigenvalue weighted by Gasteiger charge is 2.06. The fraction of sp³-hybridized carbons (Fsp3) is 0. The Kier molecular flexibility index (Phi) is 5.41. The van der Waals surface area contributed by atoms with E-state index in [4.69, 9.17) is 6.57 Å². The number of nitrogens with zero attached hydrogens (tertiary/aromatic N) is 2. The summed E-state index contributed by atoms with van der Waals surface area (Å²) in [5, 5.41) is 9.50. The molecule has 3 rings (SSSR count). The van der Waals surface area contributed by atoms with Crippen LogP contribution in [0.3, 0.4) is 0 Å². The van der Waals surface area contributed by atoms with Crippen LogP contribution >= 0.6 is 0 Å². The van der Waals surface area contributed by atoms with Crippen LogP contribution in [0.15, 0.2) is 72.8 Å². The van der Waals surface area contributed by atoms with Gasteiger partial charge in [-0.1, -0.05) is 85.0 Å². The maximum atomic E-state index is 9.50. The van der Waals surface area contributed by atoms with Crippen molar-refractivity contribution in [3.63, 3.8) is 0 Å². The first kappa shape index (κ1) is 17.0. The van der Waals surface area contributed by atoms with Crippen LogP contribution in [0.25, 0.3) is 29.1 Å². The van der Waals surface area contributed by atoms with Crippen LogP contribution in [0, 0.1) is 17.9 Å². The fourth-order valence-electron chi connectivity index (χ4n) is 2.59. The number of hydrogen-bond donors (Lipinski definition) is 0. The van der Waals surface area contributed by atoms with Gasteiger partial charge in [-0.25, -0.2) is 4.85 Å². The van der Waals surface area contributed by atoms with E-state index in [1.165, 1.54) is 0 Å². The molecule has 0 fully saturated rings. The molecule has 0 unspecified atom stereocenters. The fourth-order valence-corrected chi connectivity index (χ4v) is 2.59. The minimum Gasteiger partial charge on any atom is -0.238 e. The zero-order valence-electron chi connectivity index (χ0n) is 14.1. The summed E-state index contributed by atoms with van der Waals surface area (Å²) in [6.07, 6.45) is 7.66. The SMILES string of the molecule is [C-]#[N+]c1cc(C=Cc2ccccc2)c(C#N)cc1C=Cc1ccccc1. The van der Waals surface area contributed by atoms with E-state index in [0.717, 1.165) is 22.3 Å². The molecule has 122 valence electrons. The minimum absolute atomic E-state index is 0.531. The van der Waals surface area contributed by atoms with E-state index in [9.17, 15) is 5.26 Å². The van der Waals surface area contributed by atoms with Crippen molar-refractivity contribution in [2.24, 2.45) is 0 Å². The monoisotopic (exact) mass is 332 g/mol. The Labute approximate surface area is 153 Å². The lowest BCUT2D eigenvalue weighted by Crippen LogP contribution is -1.85. The molecule has 0 aliphatic carbocycles. The van der Waals surface area contributed by atoms with Crippen LogP contribution in [0.1, 0.15) is 27.8 Å². The third kappa shape index (κ3) is 4.15. The molecular weight excluding hydrogens is 316 g/mol. The van der Waals surface area contributed by atoms with Gasteiger partial charge in [0.05, 0.1) is 18.2 Å². The van der Waals surface area contributed by atoms with Gasteiger partial charge >= 0.3 is 0 Å². The van der Waals surface area contributed by atoms with E-state index in [0.29, 0.717) is 11.3 Å². The van der Waals surface area contributed by atoms with Gasteiger partial charge < -0.3 is 0 Å². The van der Waals surface area contributed by atoms with Gasteiger partial charge in [-0.05, 0) is 34.4 Å². The zero-order valence-corrected chi connectivity index (χ0v) is 14.1. The molecule has 0 aliphatic rings. The van der Waals surface area contributed by atoms with Gasteiger partial charge in [-0.2, -0.15) is 5.26 Å². The van der Waals surface area contributed by atoms with E-state index >= 15 is 0 Å². The van der Waals surface area contributed by atoms with Crippen LogP contribution in [0.2, 0.25) is 0 Å². The quantitative estimate of drug-likeness (QED) is 0.398. The van der Waals surface area contributed by atoms with Gasteiger partial charge in [0.25, 0.3) is 0 Å². The van der Waals surface area contributed by atoms with E-state index < -0.39 is 0 Å². The first-order valence-electron chi connectivity index (χ1n) is 8.22. The van der Waals surface area contributed by atoms with Crippen molar-refractivity contribution in [3.8, 4) is 6.07 Å². The second-order valence-corrected chi connectivity index (χ2v) is 5.71. The Hall–Kier alpha value is -3.88. The highest BCUT2D eigenvalue weighted by Crippen LogP contribution is 2.27. The second kappa shape index (κ2) is 8.29.